The van der Waals surface area contributed by atoms with Crippen LogP contribution in [0.2, 0.25) is 5.02 Å². The molecule has 0 amide bonds. The Morgan fingerprint density at radius 2 is 1.89 bits per heavy atom. The summed E-state index contributed by atoms with van der Waals surface area (Å²) in [6, 6.07) is 11.5. The zero-order valence-electron chi connectivity index (χ0n) is 10.5. The molecule has 0 saturated carbocycles. The molecule has 2 aromatic carbocycles. The lowest BCUT2D eigenvalue weighted by atomic mass is 10.1. The minimum Gasteiger partial charge on any atom is -0.489 e. The Balaban J connectivity index is 2.13. The van der Waals surface area contributed by atoms with Gasteiger partial charge in [0.05, 0.1) is 0 Å². The van der Waals surface area contributed by atoms with Crippen molar-refractivity contribution in [2.24, 2.45) is 0 Å². The molecule has 2 nitrogen and oxygen atoms in total. The summed E-state index contributed by atoms with van der Waals surface area (Å²) >= 11 is 6.09. The molecule has 0 aromatic heterocycles. The van der Waals surface area contributed by atoms with E-state index in [9.17, 15) is 0 Å². The van der Waals surface area contributed by atoms with Crippen LogP contribution in [0.5, 0.6) is 5.75 Å². The van der Waals surface area contributed by atoms with Crippen molar-refractivity contribution in [1.82, 2.24) is 0 Å². The predicted octanol–water partition coefficient (Wildman–Crippen LogP) is 4.12. The summed E-state index contributed by atoms with van der Waals surface area (Å²) in [6.07, 6.45) is 0. The fraction of sp³-hybridized carbons (Fsp3) is 0.200. The summed E-state index contributed by atoms with van der Waals surface area (Å²) in [7, 11) is 0. The Labute approximate surface area is 112 Å². The number of rotatable bonds is 3. The molecule has 0 heterocycles. The predicted molar refractivity (Wildman–Crippen MR) is 76.1 cm³/mol. The van der Waals surface area contributed by atoms with Crippen LogP contribution < -0.4 is 10.5 Å². The van der Waals surface area contributed by atoms with Gasteiger partial charge in [-0.1, -0.05) is 29.3 Å². The number of halogens is 1. The molecule has 0 aliphatic carbocycles. The lowest BCUT2D eigenvalue weighted by Crippen LogP contribution is -1.99. The minimum absolute atomic E-state index is 0.424. The highest BCUT2D eigenvalue weighted by atomic mass is 35.5. The molecular weight excluding hydrogens is 246 g/mol. The maximum atomic E-state index is 6.09. The Hall–Kier alpha value is -1.67. The topological polar surface area (TPSA) is 35.2 Å². The van der Waals surface area contributed by atoms with Crippen molar-refractivity contribution in [3.8, 4) is 5.75 Å². The van der Waals surface area contributed by atoms with E-state index in [4.69, 9.17) is 22.1 Å². The summed E-state index contributed by atoms with van der Waals surface area (Å²) in [4.78, 5) is 0. The van der Waals surface area contributed by atoms with Gasteiger partial charge in [-0.15, -0.1) is 0 Å². The number of hydrogen-bond donors (Lipinski definition) is 1. The van der Waals surface area contributed by atoms with Gasteiger partial charge in [-0.2, -0.15) is 0 Å². The van der Waals surface area contributed by atoms with Crippen LogP contribution in [0, 0.1) is 13.8 Å². The van der Waals surface area contributed by atoms with Gasteiger partial charge in [0.15, 0.2) is 0 Å². The first kappa shape index (κ1) is 12.8. The van der Waals surface area contributed by atoms with E-state index in [1.807, 2.05) is 25.1 Å². The number of ether oxygens (including phenoxy) is 1. The highest BCUT2D eigenvalue weighted by Gasteiger charge is 2.04. The molecule has 0 saturated heterocycles. The van der Waals surface area contributed by atoms with E-state index < -0.39 is 0 Å². The van der Waals surface area contributed by atoms with Gasteiger partial charge in [-0.25, -0.2) is 0 Å². The van der Waals surface area contributed by atoms with E-state index in [1.54, 1.807) is 12.1 Å². The lowest BCUT2D eigenvalue weighted by Gasteiger charge is -2.11. The molecule has 18 heavy (non-hydrogen) atoms. The molecule has 0 fully saturated rings. The summed E-state index contributed by atoms with van der Waals surface area (Å²) < 4.78 is 5.77. The van der Waals surface area contributed by atoms with Crippen LogP contribution in [0.3, 0.4) is 0 Å². The third-order valence-corrected chi connectivity index (χ3v) is 3.15. The quantitative estimate of drug-likeness (QED) is 0.844. The standard InChI is InChI=1S/C15H16ClNO/c1-10-3-6-15(11(2)7-10)18-9-12-8-13(17)4-5-14(12)16/h3-8H,9,17H2,1-2H3. The second-order valence-electron chi connectivity index (χ2n) is 4.41. The van der Waals surface area contributed by atoms with Crippen molar-refractivity contribution in [3.63, 3.8) is 0 Å². The van der Waals surface area contributed by atoms with Gasteiger partial charge >= 0.3 is 0 Å². The van der Waals surface area contributed by atoms with Crippen molar-refractivity contribution < 1.29 is 4.74 Å². The Morgan fingerprint density at radius 1 is 1.11 bits per heavy atom. The van der Waals surface area contributed by atoms with Gasteiger partial charge < -0.3 is 10.5 Å². The molecule has 2 N–H and O–H groups in total. The lowest BCUT2D eigenvalue weighted by molar-refractivity contribution is 0.304. The largest absolute Gasteiger partial charge is 0.489 e. The fourth-order valence-corrected chi connectivity index (χ4v) is 1.99. The maximum absolute atomic E-state index is 6.09. The molecule has 0 atom stereocenters. The number of aryl methyl sites for hydroxylation is 2. The first-order valence-electron chi connectivity index (χ1n) is 5.80. The molecule has 0 radical (unpaired) electrons. The van der Waals surface area contributed by atoms with E-state index in [0.717, 1.165) is 16.9 Å². The van der Waals surface area contributed by atoms with Gasteiger partial charge in [-0.05, 0) is 43.7 Å². The Bertz CT molecular complexity index is 566. The Morgan fingerprint density at radius 3 is 2.61 bits per heavy atom. The molecular formula is C15H16ClNO. The van der Waals surface area contributed by atoms with Crippen molar-refractivity contribution in [2.75, 3.05) is 5.73 Å². The third kappa shape index (κ3) is 2.96. The second kappa shape index (κ2) is 5.32. The zero-order chi connectivity index (χ0) is 13.1. The van der Waals surface area contributed by atoms with E-state index >= 15 is 0 Å². The van der Waals surface area contributed by atoms with Gasteiger partial charge in [-0.3, -0.25) is 0 Å². The zero-order valence-corrected chi connectivity index (χ0v) is 11.3. The van der Waals surface area contributed by atoms with Crippen LogP contribution in [-0.2, 0) is 6.61 Å². The van der Waals surface area contributed by atoms with Crippen LogP contribution in [0.25, 0.3) is 0 Å². The molecule has 0 aliphatic heterocycles. The number of nitrogens with two attached hydrogens (primary N) is 1. The Kier molecular flexibility index (Phi) is 3.78. The van der Waals surface area contributed by atoms with Crippen LogP contribution in [0.15, 0.2) is 36.4 Å². The summed E-state index contributed by atoms with van der Waals surface area (Å²) in [5.74, 6) is 0.874. The number of anilines is 1. The summed E-state index contributed by atoms with van der Waals surface area (Å²) in [5, 5.41) is 0.675. The normalized spacial score (nSPS) is 10.4. The number of nitrogen functional groups attached to an aromatic ring is 1. The minimum atomic E-state index is 0.424. The SMILES string of the molecule is Cc1ccc(OCc2cc(N)ccc2Cl)c(C)c1. The van der Waals surface area contributed by atoms with E-state index in [1.165, 1.54) is 5.56 Å². The summed E-state index contributed by atoms with van der Waals surface area (Å²) in [6.45, 7) is 4.52. The van der Waals surface area contributed by atoms with Gasteiger partial charge in [0.1, 0.15) is 12.4 Å². The molecule has 2 aromatic rings. The number of benzene rings is 2. The van der Waals surface area contributed by atoms with Crippen molar-refractivity contribution in [2.45, 2.75) is 20.5 Å². The molecule has 3 heteroatoms. The van der Waals surface area contributed by atoms with Gasteiger partial charge in [0, 0.05) is 16.3 Å². The molecule has 2 rings (SSSR count). The molecule has 0 aliphatic rings. The van der Waals surface area contributed by atoms with Crippen LogP contribution >= 0.6 is 11.6 Å². The van der Waals surface area contributed by atoms with Crippen molar-refractivity contribution >= 4 is 17.3 Å². The fourth-order valence-electron chi connectivity index (χ4n) is 1.82. The highest BCUT2D eigenvalue weighted by molar-refractivity contribution is 6.31. The van der Waals surface area contributed by atoms with Crippen LogP contribution in [0.4, 0.5) is 5.69 Å². The first-order chi connectivity index (χ1) is 8.56. The highest BCUT2D eigenvalue weighted by Crippen LogP contribution is 2.23. The molecule has 94 valence electrons. The monoisotopic (exact) mass is 261 g/mol. The average molecular weight is 262 g/mol. The first-order valence-corrected chi connectivity index (χ1v) is 6.18. The molecule has 0 bridgehead atoms. The van der Waals surface area contributed by atoms with Gasteiger partial charge in [0.2, 0.25) is 0 Å². The smallest absolute Gasteiger partial charge is 0.122 e. The van der Waals surface area contributed by atoms with E-state index in [0.29, 0.717) is 17.3 Å². The van der Waals surface area contributed by atoms with Crippen molar-refractivity contribution in [3.05, 3.63) is 58.1 Å². The number of hydrogen-bond acceptors (Lipinski definition) is 2. The van der Waals surface area contributed by atoms with Gasteiger partial charge in [0.25, 0.3) is 0 Å². The maximum Gasteiger partial charge on any atom is 0.122 e. The van der Waals surface area contributed by atoms with E-state index in [-0.39, 0.29) is 0 Å². The average Bonchev–Trinajstić information content (AvgIpc) is 2.32. The molecule has 0 unspecified atom stereocenters. The van der Waals surface area contributed by atoms with Crippen LogP contribution in [0.1, 0.15) is 16.7 Å². The third-order valence-electron chi connectivity index (χ3n) is 2.78. The second-order valence-corrected chi connectivity index (χ2v) is 4.82. The van der Waals surface area contributed by atoms with Crippen molar-refractivity contribution in [1.29, 1.82) is 0 Å². The molecule has 0 spiro atoms. The van der Waals surface area contributed by atoms with E-state index in [2.05, 4.69) is 13.0 Å². The summed E-state index contributed by atoms with van der Waals surface area (Å²) in [5.41, 5.74) is 9.67. The van der Waals surface area contributed by atoms with Crippen LogP contribution in [-0.4, -0.2) is 0 Å².